The van der Waals surface area contributed by atoms with E-state index < -0.39 is 11.9 Å². The normalized spacial score (nSPS) is 10.4. The smallest absolute Gasteiger partial charge is 0.308 e. The van der Waals surface area contributed by atoms with Crippen molar-refractivity contribution in [3.05, 3.63) is 33.3 Å². The van der Waals surface area contributed by atoms with Gasteiger partial charge < -0.3 is 14.8 Å². The number of amides is 1. The van der Waals surface area contributed by atoms with Crippen molar-refractivity contribution >= 4 is 34.3 Å². The van der Waals surface area contributed by atoms with Crippen LogP contribution in [-0.2, 0) is 20.8 Å². The number of thiazole rings is 1. The molecule has 0 atom stereocenters. The molecule has 1 aromatic carbocycles. The predicted molar refractivity (Wildman–Crippen MR) is 102 cm³/mol. The summed E-state index contributed by atoms with van der Waals surface area (Å²) in [6, 6.07) is 0. The van der Waals surface area contributed by atoms with Gasteiger partial charge in [0.05, 0.1) is 5.69 Å². The monoisotopic (exact) mass is 390 g/mol. The fourth-order valence-corrected chi connectivity index (χ4v) is 3.48. The Morgan fingerprint density at radius 3 is 2.07 bits per heavy atom. The van der Waals surface area contributed by atoms with E-state index in [-0.39, 0.29) is 5.91 Å². The molecule has 1 heterocycles. The van der Waals surface area contributed by atoms with Crippen molar-refractivity contribution in [2.75, 3.05) is 5.32 Å². The van der Waals surface area contributed by atoms with Gasteiger partial charge in [0, 0.05) is 38.1 Å². The summed E-state index contributed by atoms with van der Waals surface area (Å²) in [6.07, 6.45) is 0.361. The van der Waals surface area contributed by atoms with E-state index in [1.165, 1.54) is 32.1 Å². The van der Waals surface area contributed by atoms with Crippen molar-refractivity contribution in [2.45, 2.75) is 48.0 Å². The molecule has 0 spiro atoms. The summed E-state index contributed by atoms with van der Waals surface area (Å²) < 4.78 is 10.9. The zero-order valence-electron chi connectivity index (χ0n) is 16.2. The van der Waals surface area contributed by atoms with Crippen LogP contribution in [0.1, 0.15) is 48.7 Å². The SMILES string of the molecule is CC(=O)Nc1nc(Cc2c(C)c(OC(C)=O)c(C)c(C)c2OC(C)=O)cs1. The van der Waals surface area contributed by atoms with Crippen LogP contribution < -0.4 is 14.8 Å². The highest BCUT2D eigenvalue weighted by atomic mass is 32.1. The zero-order valence-corrected chi connectivity index (χ0v) is 17.0. The molecule has 0 radical (unpaired) electrons. The van der Waals surface area contributed by atoms with Crippen molar-refractivity contribution in [1.29, 1.82) is 0 Å². The van der Waals surface area contributed by atoms with Crippen LogP contribution in [0.2, 0.25) is 0 Å². The molecule has 27 heavy (non-hydrogen) atoms. The summed E-state index contributed by atoms with van der Waals surface area (Å²) in [5, 5.41) is 4.96. The molecule has 7 nitrogen and oxygen atoms in total. The minimum atomic E-state index is -0.435. The number of nitrogens with zero attached hydrogens (tertiary/aromatic N) is 1. The maximum Gasteiger partial charge on any atom is 0.308 e. The lowest BCUT2D eigenvalue weighted by Crippen LogP contribution is -2.12. The summed E-state index contributed by atoms with van der Waals surface area (Å²) >= 11 is 1.31. The van der Waals surface area contributed by atoms with Gasteiger partial charge in [0.1, 0.15) is 11.5 Å². The fourth-order valence-electron chi connectivity index (χ4n) is 2.72. The van der Waals surface area contributed by atoms with Gasteiger partial charge in [0.25, 0.3) is 0 Å². The summed E-state index contributed by atoms with van der Waals surface area (Å²) in [6.45, 7) is 9.54. The number of hydrogen-bond acceptors (Lipinski definition) is 7. The van der Waals surface area contributed by atoms with Crippen LogP contribution >= 0.6 is 11.3 Å². The molecule has 0 aliphatic heterocycles. The van der Waals surface area contributed by atoms with Crippen LogP contribution in [-0.4, -0.2) is 22.8 Å². The van der Waals surface area contributed by atoms with Crippen LogP contribution in [0.15, 0.2) is 5.38 Å². The van der Waals surface area contributed by atoms with Gasteiger partial charge in [-0.25, -0.2) is 4.98 Å². The van der Waals surface area contributed by atoms with Gasteiger partial charge in [-0.05, 0) is 37.5 Å². The Morgan fingerprint density at radius 1 is 0.963 bits per heavy atom. The molecule has 144 valence electrons. The number of nitrogens with one attached hydrogen (secondary N) is 1. The summed E-state index contributed by atoms with van der Waals surface area (Å²) in [5.41, 5.74) is 3.58. The largest absolute Gasteiger partial charge is 0.426 e. The van der Waals surface area contributed by atoms with E-state index in [0.717, 1.165) is 11.1 Å². The van der Waals surface area contributed by atoms with Crippen LogP contribution in [0.4, 0.5) is 5.13 Å². The van der Waals surface area contributed by atoms with Gasteiger partial charge in [0.2, 0.25) is 5.91 Å². The first-order chi connectivity index (χ1) is 12.6. The average Bonchev–Trinajstić information content (AvgIpc) is 2.98. The Bertz CT molecular complexity index is 917. The van der Waals surface area contributed by atoms with Gasteiger partial charge >= 0.3 is 11.9 Å². The third kappa shape index (κ3) is 4.91. The van der Waals surface area contributed by atoms with Gasteiger partial charge in [-0.1, -0.05) is 0 Å². The van der Waals surface area contributed by atoms with Crippen molar-refractivity contribution in [1.82, 2.24) is 4.98 Å². The molecule has 0 bridgehead atoms. The maximum absolute atomic E-state index is 11.6. The molecule has 2 aromatic rings. The number of aromatic nitrogens is 1. The van der Waals surface area contributed by atoms with E-state index in [1.807, 2.05) is 26.2 Å². The first-order valence-corrected chi connectivity index (χ1v) is 9.19. The van der Waals surface area contributed by atoms with E-state index in [4.69, 9.17) is 9.47 Å². The van der Waals surface area contributed by atoms with Gasteiger partial charge in [-0.2, -0.15) is 0 Å². The molecule has 0 saturated carbocycles. The van der Waals surface area contributed by atoms with Crippen LogP contribution in [0.25, 0.3) is 0 Å². The minimum Gasteiger partial charge on any atom is -0.426 e. The Hall–Kier alpha value is -2.74. The molecule has 0 aliphatic rings. The lowest BCUT2D eigenvalue weighted by Gasteiger charge is -2.20. The number of benzene rings is 1. The summed E-state index contributed by atoms with van der Waals surface area (Å²) in [5.74, 6) is -0.148. The summed E-state index contributed by atoms with van der Waals surface area (Å²) in [4.78, 5) is 38.7. The van der Waals surface area contributed by atoms with Gasteiger partial charge in [-0.15, -0.1) is 11.3 Å². The predicted octanol–water partition coefficient (Wildman–Crippen LogP) is 3.47. The third-order valence-corrected chi connectivity index (χ3v) is 4.80. The molecule has 8 heteroatoms. The van der Waals surface area contributed by atoms with Gasteiger partial charge in [-0.3, -0.25) is 14.4 Å². The number of carbonyl (C=O) groups is 3. The van der Waals surface area contributed by atoms with Crippen LogP contribution in [0.3, 0.4) is 0 Å². The molecule has 0 fully saturated rings. The maximum atomic E-state index is 11.6. The first kappa shape index (κ1) is 20.6. The highest BCUT2D eigenvalue weighted by Crippen LogP contribution is 2.39. The van der Waals surface area contributed by atoms with Crippen molar-refractivity contribution in [2.24, 2.45) is 0 Å². The second kappa shape index (κ2) is 8.30. The number of carbonyl (C=O) groups excluding carboxylic acids is 3. The van der Waals surface area contributed by atoms with Crippen molar-refractivity contribution < 1.29 is 23.9 Å². The Balaban J connectivity index is 2.55. The molecular weight excluding hydrogens is 368 g/mol. The van der Waals surface area contributed by atoms with Crippen molar-refractivity contribution in [3.63, 3.8) is 0 Å². The molecule has 0 aliphatic carbocycles. The molecule has 2 rings (SSSR count). The Kier molecular flexibility index (Phi) is 6.32. The number of rotatable bonds is 5. The van der Waals surface area contributed by atoms with E-state index >= 15 is 0 Å². The lowest BCUT2D eigenvalue weighted by molar-refractivity contribution is -0.133. The first-order valence-electron chi connectivity index (χ1n) is 8.31. The molecular formula is C19H22N2O5S. The third-order valence-electron chi connectivity index (χ3n) is 4.00. The molecule has 1 N–H and O–H groups in total. The van der Waals surface area contributed by atoms with E-state index in [9.17, 15) is 14.4 Å². The minimum absolute atomic E-state index is 0.198. The van der Waals surface area contributed by atoms with Crippen LogP contribution in [0, 0.1) is 20.8 Å². The van der Waals surface area contributed by atoms with Crippen LogP contribution in [0.5, 0.6) is 11.5 Å². The van der Waals surface area contributed by atoms with E-state index in [1.54, 1.807) is 0 Å². The standard InChI is InChI=1S/C19H22N2O5S/c1-9-10(2)18(26-14(6)24)16(11(3)17(9)25-13(5)23)7-15-8-27-19(21-15)20-12(4)22/h8H,7H2,1-6H3,(H,20,21,22). The molecule has 0 unspecified atom stereocenters. The Morgan fingerprint density at radius 2 is 1.52 bits per heavy atom. The number of ether oxygens (including phenoxy) is 2. The number of hydrogen-bond donors (Lipinski definition) is 1. The van der Waals surface area contributed by atoms with E-state index in [2.05, 4.69) is 10.3 Å². The Labute approximate surface area is 161 Å². The highest BCUT2D eigenvalue weighted by molar-refractivity contribution is 7.13. The summed E-state index contributed by atoms with van der Waals surface area (Å²) in [7, 11) is 0. The van der Waals surface area contributed by atoms with Crippen molar-refractivity contribution in [3.8, 4) is 11.5 Å². The number of esters is 2. The fraction of sp³-hybridized carbons (Fsp3) is 0.368. The van der Waals surface area contributed by atoms with Gasteiger partial charge in [0.15, 0.2) is 5.13 Å². The van der Waals surface area contributed by atoms with E-state index in [0.29, 0.717) is 39.9 Å². The topological polar surface area (TPSA) is 94.6 Å². The average molecular weight is 390 g/mol. The molecule has 1 aromatic heterocycles. The second-order valence-corrected chi connectivity index (χ2v) is 7.06. The molecule has 0 saturated heterocycles. The number of anilines is 1. The lowest BCUT2D eigenvalue weighted by atomic mass is 9.94. The highest BCUT2D eigenvalue weighted by Gasteiger charge is 2.22. The zero-order chi connectivity index (χ0) is 20.3. The quantitative estimate of drug-likeness (QED) is 0.620. The molecule has 1 amide bonds. The second-order valence-electron chi connectivity index (χ2n) is 6.20.